The van der Waals surface area contributed by atoms with Gasteiger partial charge in [0.1, 0.15) is 12.4 Å². The lowest BCUT2D eigenvalue weighted by Gasteiger charge is -2.25. The van der Waals surface area contributed by atoms with Gasteiger partial charge >= 0.3 is 0 Å². The first kappa shape index (κ1) is 24.0. The Labute approximate surface area is 211 Å². The summed E-state index contributed by atoms with van der Waals surface area (Å²) in [4.78, 5) is 25.3. The quantitative estimate of drug-likeness (QED) is 0.369. The highest BCUT2D eigenvalue weighted by atomic mass is 35.5. The highest BCUT2D eigenvalue weighted by molar-refractivity contribution is 6.32. The molecule has 3 aromatic carbocycles. The first-order valence-electron chi connectivity index (χ1n) is 11.3. The number of hydrogen-bond donors (Lipinski definition) is 2. The van der Waals surface area contributed by atoms with Crippen LogP contribution in [0.25, 0.3) is 0 Å². The number of nitrogens with one attached hydrogen (secondary N) is 2. The fourth-order valence-corrected chi connectivity index (χ4v) is 5.66. The molecule has 1 amide bonds. The Kier molecular flexibility index (Phi) is 6.05. The lowest BCUT2D eigenvalue weighted by atomic mass is 9.78. The predicted molar refractivity (Wildman–Crippen MR) is 132 cm³/mol. The van der Waals surface area contributed by atoms with Gasteiger partial charge < -0.3 is 14.8 Å². The van der Waals surface area contributed by atoms with Gasteiger partial charge in [-0.25, -0.2) is 4.39 Å². The average Bonchev–Trinajstić information content (AvgIpc) is 3.32. The number of ether oxygens (including phenoxy) is 2. The van der Waals surface area contributed by atoms with E-state index in [0.717, 1.165) is 0 Å². The number of amides is 1. The Morgan fingerprint density at radius 2 is 1.89 bits per heavy atom. The van der Waals surface area contributed by atoms with E-state index in [9.17, 15) is 19.3 Å². The van der Waals surface area contributed by atoms with Crippen LogP contribution in [0.15, 0.2) is 60.7 Å². The van der Waals surface area contributed by atoms with E-state index in [1.54, 1.807) is 61.5 Å². The summed E-state index contributed by atoms with van der Waals surface area (Å²) in [6, 6.07) is 14.6. The van der Waals surface area contributed by atoms with Gasteiger partial charge in [-0.15, -0.1) is 0 Å². The maximum Gasteiger partial charge on any atom is 0.256 e. The number of nitro groups is 1. The second-order valence-electron chi connectivity index (χ2n) is 8.91. The minimum atomic E-state index is -1.54. The Morgan fingerprint density at radius 1 is 1.17 bits per heavy atom. The molecule has 1 fully saturated rings. The van der Waals surface area contributed by atoms with Crippen molar-refractivity contribution in [1.29, 1.82) is 0 Å². The highest BCUT2D eigenvalue weighted by Gasteiger charge is 2.67. The molecule has 0 radical (unpaired) electrons. The molecule has 0 aliphatic carbocycles. The lowest BCUT2D eigenvalue weighted by molar-refractivity contribution is -0.532. The molecule has 2 heterocycles. The van der Waals surface area contributed by atoms with Crippen LogP contribution in [0.1, 0.15) is 29.5 Å². The van der Waals surface area contributed by atoms with Gasteiger partial charge in [0.2, 0.25) is 0 Å². The van der Waals surface area contributed by atoms with Crippen LogP contribution >= 0.6 is 11.6 Å². The summed E-state index contributed by atoms with van der Waals surface area (Å²) >= 11 is 6.57. The number of benzene rings is 3. The summed E-state index contributed by atoms with van der Waals surface area (Å²) in [5.74, 6) is -1.16. The number of rotatable bonds is 6. The van der Waals surface area contributed by atoms with Gasteiger partial charge in [-0.1, -0.05) is 48.0 Å². The molecular weight excluding hydrogens is 489 g/mol. The van der Waals surface area contributed by atoms with Crippen LogP contribution in [0.5, 0.6) is 11.5 Å². The van der Waals surface area contributed by atoms with Gasteiger partial charge in [0.05, 0.1) is 18.1 Å². The van der Waals surface area contributed by atoms with Crippen LogP contribution in [0.4, 0.5) is 10.1 Å². The SMILES string of the molecule is COc1cc([C@@H]2[C@H](C)N[C@]3(C(=O)Nc4ccccc43)[C@H]2[N+](=O)[O-])cc(Cl)c1OCc1ccccc1F. The van der Waals surface area contributed by atoms with Crippen LogP contribution in [0.3, 0.4) is 0 Å². The fraction of sp³-hybridized carbons (Fsp3) is 0.269. The number of halogens is 2. The molecule has 0 unspecified atom stereocenters. The van der Waals surface area contributed by atoms with Crippen molar-refractivity contribution < 1.29 is 23.6 Å². The van der Waals surface area contributed by atoms with Gasteiger partial charge in [-0.3, -0.25) is 20.2 Å². The van der Waals surface area contributed by atoms with Gasteiger partial charge in [-0.05, 0) is 36.8 Å². The Morgan fingerprint density at radius 3 is 2.61 bits per heavy atom. The number of anilines is 1. The third-order valence-corrected chi connectivity index (χ3v) is 7.21. The number of methoxy groups -OCH3 is 1. The molecule has 36 heavy (non-hydrogen) atoms. The molecule has 186 valence electrons. The molecule has 2 aliphatic rings. The van der Waals surface area contributed by atoms with E-state index >= 15 is 0 Å². The first-order chi connectivity index (χ1) is 17.3. The zero-order valence-corrected chi connectivity index (χ0v) is 20.2. The zero-order valence-electron chi connectivity index (χ0n) is 19.5. The second kappa shape index (κ2) is 9.07. The summed E-state index contributed by atoms with van der Waals surface area (Å²) in [7, 11) is 1.43. The van der Waals surface area contributed by atoms with Crippen molar-refractivity contribution in [2.45, 2.75) is 37.1 Å². The van der Waals surface area contributed by atoms with E-state index < -0.39 is 40.2 Å². The molecule has 1 spiro atoms. The average molecular weight is 512 g/mol. The summed E-state index contributed by atoms with van der Waals surface area (Å²) in [5.41, 5.74) is 0.403. The molecule has 0 bridgehead atoms. The van der Waals surface area contributed by atoms with Gasteiger partial charge in [-0.2, -0.15) is 0 Å². The molecule has 10 heteroatoms. The molecule has 1 saturated heterocycles. The third-order valence-electron chi connectivity index (χ3n) is 6.93. The minimum Gasteiger partial charge on any atom is -0.493 e. The smallest absolute Gasteiger partial charge is 0.256 e. The standard InChI is InChI=1S/C26H23ClFN3O5/c1-14-22(24(31(33)34)26(30-14)17-8-4-6-10-20(17)29-25(26)32)16-11-18(27)23(21(12-16)35-2)36-13-15-7-3-5-9-19(15)28/h3-12,14,22,24,30H,13H2,1-2H3,(H,29,32)/t14-,22-,24-,26-/m0/s1. The first-order valence-corrected chi connectivity index (χ1v) is 11.7. The van der Waals surface area contributed by atoms with Crippen LogP contribution in [0.2, 0.25) is 5.02 Å². The van der Waals surface area contributed by atoms with Crippen molar-refractivity contribution in [3.63, 3.8) is 0 Å². The van der Waals surface area contributed by atoms with Gasteiger partial charge in [0.15, 0.2) is 17.0 Å². The van der Waals surface area contributed by atoms with Crippen LogP contribution in [-0.2, 0) is 16.9 Å². The fourth-order valence-electron chi connectivity index (χ4n) is 5.39. The lowest BCUT2D eigenvalue weighted by Crippen LogP contribution is -2.54. The van der Waals surface area contributed by atoms with E-state index in [-0.39, 0.29) is 23.1 Å². The van der Waals surface area contributed by atoms with Crippen molar-refractivity contribution >= 4 is 23.2 Å². The van der Waals surface area contributed by atoms with Crippen molar-refractivity contribution in [3.8, 4) is 11.5 Å². The summed E-state index contributed by atoms with van der Waals surface area (Å²) in [6.45, 7) is 1.72. The maximum absolute atomic E-state index is 14.0. The number of carbonyl (C=O) groups excluding carboxylic acids is 1. The number of carbonyl (C=O) groups is 1. The van der Waals surface area contributed by atoms with Crippen molar-refractivity contribution in [2.24, 2.45) is 0 Å². The monoisotopic (exact) mass is 511 g/mol. The molecule has 2 aliphatic heterocycles. The van der Waals surface area contributed by atoms with Crippen LogP contribution in [-0.4, -0.2) is 30.0 Å². The van der Waals surface area contributed by atoms with Crippen LogP contribution in [0, 0.1) is 15.9 Å². The van der Waals surface area contributed by atoms with E-state index in [2.05, 4.69) is 10.6 Å². The Bertz CT molecular complexity index is 1370. The largest absolute Gasteiger partial charge is 0.493 e. The molecular formula is C26H23ClFN3O5. The van der Waals surface area contributed by atoms with Gasteiger partial charge in [0.25, 0.3) is 11.9 Å². The van der Waals surface area contributed by atoms with E-state index in [1.807, 2.05) is 0 Å². The molecule has 4 atom stereocenters. The highest BCUT2D eigenvalue weighted by Crippen LogP contribution is 2.51. The Balaban J connectivity index is 1.54. The van der Waals surface area contributed by atoms with Crippen LogP contribution < -0.4 is 20.1 Å². The van der Waals surface area contributed by atoms with E-state index in [1.165, 1.54) is 13.2 Å². The predicted octanol–water partition coefficient (Wildman–Crippen LogP) is 4.63. The third kappa shape index (κ3) is 3.66. The topological polar surface area (TPSA) is 103 Å². The van der Waals surface area contributed by atoms with Gasteiger partial charge in [0, 0.05) is 27.8 Å². The Hall–Kier alpha value is -3.69. The van der Waals surface area contributed by atoms with Crippen molar-refractivity contribution in [1.82, 2.24) is 5.32 Å². The van der Waals surface area contributed by atoms with Crippen molar-refractivity contribution in [2.75, 3.05) is 12.4 Å². The molecule has 8 nitrogen and oxygen atoms in total. The number of fused-ring (bicyclic) bond motifs is 2. The summed E-state index contributed by atoms with van der Waals surface area (Å²) < 4.78 is 25.3. The summed E-state index contributed by atoms with van der Waals surface area (Å²) in [5, 5.41) is 18.7. The normalized spacial score (nSPS) is 24.4. The number of para-hydroxylation sites is 1. The molecule has 3 aromatic rings. The molecule has 2 N–H and O–H groups in total. The summed E-state index contributed by atoms with van der Waals surface area (Å²) in [6.07, 6.45) is 0. The molecule has 5 rings (SSSR count). The van der Waals surface area contributed by atoms with E-state index in [4.69, 9.17) is 21.1 Å². The molecule has 0 saturated carbocycles. The number of nitrogens with zero attached hydrogens (tertiary/aromatic N) is 1. The zero-order chi connectivity index (χ0) is 25.6. The number of hydrogen-bond acceptors (Lipinski definition) is 6. The minimum absolute atomic E-state index is 0.0823. The van der Waals surface area contributed by atoms with Crippen molar-refractivity contribution in [3.05, 3.63) is 98.3 Å². The second-order valence-corrected chi connectivity index (χ2v) is 9.32. The maximum atomic E-state index is 14.0. The molecule has 0 aromatic heterocycles. The van der Waals surface area contributed by atoms with E-state index in [0.29, 0.717) is 22.4 Å².